The molecule has 8 nitrogen and oxygen atoms in total. The average molecular weight is 450 g/mol. The lowest BCUT2D eigenvalue weighted by Gasteiger charge is -2.23. The van der Waals surface area contributed by atoms with Crippen LogP contribution in [0.3, 0.4) is 0 Å². The summed E-state index contributed by atoms with van der Waals surface area (Å²) in [5, 5.41) is 17.9. The van der Waals surface area contributed by atoms with Gasteiger partial charge in [-0.15, -0.1) is 0 Å². The topological polar surface area (TPSA) is 109 Å². The number of H-pyrrole nitrogens is 1. The van der Waals surface area contributed by atoms with E-state index >= 15 is 0 Å². The number of carbonyl (C=O) groups is 2. The summed E-state index contributed by atoms with van der Waals surface area (Å²) in [4.78, 5) is 39.1. The highest BCUT2D eigenvalue weighted by atomic mass is 16.6. The van der Waals surface area contributed by atoms with Crippen molar-refractivity contribution in [2.75, 3.05) is 4.90 Å². The lowest BCUT2D eigenvalue weighted by Crippen LogP contribution is -2.28. The van der Waals surface area contributed by atoms with Gasteiger partial charge in [-0.3, -0.25) is 29.7 Å². The highest BCUT2D eigenvalue weighted by Gasteiger charge is 2.44. The Morgan fingerprint density at radius 2 is 1.56 bits per heavy atom. The summed E-state index contributed by atoms with van der Waals surface area (Å²) < 4.78 is 0. The third-order valence-corrected chi connectivity index (χ3v) is 5.71. The molecule has 0 spiro atoms. The normalized spacial score (nSPS) is 16.9. The van der Waals surface area contributed by atoms with Crippen molar-refractivity contribution in [3.8, 4) is 11.3 Å². The van der Waals surface area contributed by atoms with Crippen LogP contribution in [0.25, 0.3) is 17.3 Å². The third-order valence-electron chi connectivity index (χ3n) is 5.71. The number of anilines is 1. The molecule has 8 heteroatoms. The number of nitrogens with one attached hydrogen (secondary N) is 1. The molecule has 1 unspecified atom stereocenters. The van der Waals surface area contributed by atoms with Gasteiger partial charge < -0.3 is 0 Å². The number of para-hydroxylation sites is 1. The summed E-state index contributed by atoms with van der Waals surface area (Å²) in [6.07, 6.45) is 3.05. The van der Waals surface area contributed by atoms with E-state index in [1.807, 2.05) is 48.5 Å². The molecular weight excluding hydrogens is 432 g/mol. The van der Waals surface area contributed by atoms with Crippen LogP contribution in [0.5, 0.6) is 0 Å². The van der Waals surface area contributed by atoms with E-state index in [1.165, 1.54) is 29.3 Å². The van der Waals surface area contributed by atoms with Crippen LogP contribution in [-0.4, -0.2) is 26.8 Å². The van der Waals surface area contributed by atoms with Crippen molar-refractivity contribution in [3.63, 3.8) is 0 Å². The fourth-order valence-corrected chi connectivity index (χ4v) is 4.08. The maximum absolute atomic E-state index is 13.6. The Bertz CT molecular complexity index is 1350. The number of aromatic nitrogens is 2. The number of rotatable bonds is 5. The second-order valence-corrected chi connectivity index (χ2v) is 7.75. The Morgan fingerprint density at radius 1 is 0.912 bits per heavy atom. The number of Topliss-reactive ketones (excluding diaryl/α,β-unsaturated/α-hetero) is 1. The number of non-ortho nitro benzene ring substituents is 1. The van der Waals surface area contributed by atoms with Crippen molar-refractivity contribution in [2.45, 2.75) is 6.04 Å². The van der Waals surface area contributed by atoms with E-state index in [-0.39, 0.29) is 17.0 Å². The second-order valence-electron chi connectivity index (χ2n) is 7.75. The third kappa shape index (κ3) is 3.67. The Labute approximate surface area is 194 Å². The predicted octanol–water partition coefficient (Wildman–Crippen LogP) is 4.73. The minimum absolute atomic E-state index is 0.0338. The molecule has 0 aliphatic carbocycles. The molecule has 1 amide bonds. The molecule has 1 aromatic heterocycles. The lowest BCUT2D eigenvalue weighted by molar-refractivity contribution is -0.384. The van der Waals surface area contributed by atoms with Crippen LogP contribution in [0, 0.1) is 10.1 Å². The molecular formula is C26H18N4O4. The molecule has 1 aliphatic rings. The molecule has 4 aromatic rings. The summed E-state index contributed by atoms with van der Waals surface area (Å²) in [5.74, 6) is -0.711. The molecule has 1 aliphatic heterocycles. The molecule has 5 rings (SSSR count). The molecule has 0 bridgehead atoms. The van der Waals surface area contributed by atoms with Crippen LogP contribution in [0.4, 0.5) is 11.4 Å². The molecule has 1 saturated heterocycles. The summed E-state index contributed by atoms with van der Waals surface area (Å²) in [7, 11) is 0. The highest BCUT2D eigenvalue weighted by Crippen LogP contribution is 2.38. The standard InChI is InChI=1S/C26H18N4O4/c31-25-22(15-19-16-27-28-23(19)17-11-13-21(14-12-17)30(33)34)26(32)29(20-9-5-2-6-10-20)24(25)18-7-3-1-4-8-18/h1-16,24H,(H,27,28)/b22-15-. The van der Waals surface area contributed by atoms with Crippen molar-refractivity contribution in [2.24, 2.45) is 0 Å². The fourth-order valence-electron chi connectivity index (χ4n) is 4.08. The zero-order valence-corrected chi connectivity index (χ0v) is 17.8. The smallest absolute Gasteiger partial charge is 0.269 e. The number of nitro benzene ring substituents is 1. The van der Waals surface area contributed by atoms with E-state index in [0.717, 1.165) is 5.56 Å². The minimum Gasteiger partial charge on any atom is -0.293 e. The van der Waals surface area contributed by atoms with Crippen molar-refractivity contribution >= 4 is 29.1 Å². The van der Waals surface area contributed by atoms with Gasteiger partial charge in [0.15, 0.2) is 5.78 Å². The van der Waals surface area contributed by atoms with Gasteiger partial charge in [0.25, 0.3) is 11.6 Å². The molecule has 2 heterocycles. The van der Waals surface area contributed by atoms with Crippen LogP contribution in [0.1, 0.15) is 17.2 Å². The van der Waals surface area contributed by atoms with E-state index in [9.17, 15) is 19.7 Å². The molecule has 1 N–H and O–H groups in total. The zero-order chi connectivity index (χ0) is 23.7. The Kier molecular flexibility index (Phi) is 5.31. The number of nitrogens with zero attached hydrogens (tertiary/aromatic N) is 3. The Balaban J connectivity index is 1.58. The quantitative estimate of drug-likeness (QED) is 0.205. The summed E-state index contributed by atoms with van der Waals surface area (Å²) >= 11 is 0. The Hall–Kier alpha value is -4.85. The van der Waals surface area contributed by atoms with Gasteiger partial charge in [0, 0.05) is 28.9 Å². The van der Waals surface area contributed by atoms with E-state index in [2.05, 4.69) is 10.2 Å². The first-order valence-electron chi connectivity index (χ1n) is 10.5. The number of benzene rings is 3. The maximum atomic E-state index is 13.6. The van der Waals surface area contributed by atoms with Crippen molar-refractivity contribution < 1.29 is 14.5 Å². The van der Waals surface area contributed by atoms with E-state index in [4.69, 9.17) is 0 Å². The SMILES string of the molecule is O=C1/C(=C/c2cn[nH]c2-c2ccc([N+](=O)[O-])cc2)C(=O)N(c2ccccc2)C1c1ccccc1. The van der Waals surface area contributed by atoms with Crippen LogP contribution in [-0.2, 0) is 9.59 Å². The second kappa shape index (κ2) is 8.59. The van der Waals surface area contributed by atoms with E-state index < -0.39 is 16.9 Å². The van der Waals surface area contributed by atoms with Gasteiger partial charge in [-0.2, -0.15) is 5.10 Å². The first-order chi connectivity index (χ1) is 16.5. The molecule has 34 heavy (non-hydrogen) atoms. The van der Waals surface area contributed by atoms with Crippen molar-refractivity contribution in [3.05, 3.63) is 118 Å². The van der Waals surface area contributed by atoms with Gasteiger partial charge in [0.05, 0.1) is 22.4 Å². The van der Waals surface area contributed by atoms with Gasteiger partial charge in [0.1, 0.15) is 6.04 Å². The molecule has 0 saturated carbocycles. The van der Waals surface area contributed by atoms with Gasteiger partial charge in [-0.05, 0) is 35.9 Å². The fraction of sp³-hybridized carbons (Fsp3) is 0.0385. The highest BCUT2D eigenvalue weighted by molar-refractivity contribution is 6.35. The van der Waals surface area contributed by atoms with Crippen LogP contribution in [0.15, 0.2) is 96.7 Å². The number of aromatic amines is 1. The summed E-state index contributed by atoms with van der Waals surface area (Å²) in [6, 6.07) is 23.4. The molecule has 166 valence electrons. The molecule has 0 radical (unpaired) electrons. The number of carbonyl (C=O) groups excluding carboxylic acids is 2. The summed E-state index contributed by atoms with van der Waals surface area (Å²) in [5.41, 5.74) is 3.09. The van der Waals surface area contributed by atoms with Gasteiger partial charge in [-0.1, -0.05) is 48.5 Å². The number of hydrogen-bond donors (Lipinski definition) is 1. The Morgan fingerprint density at radius 3 is 2.21 bits per heavy atom. The van der Waals surface area contributed by atoms with Gasteiger partial charge >= 0.3 is 0 Å². The number of nitro groups is 1. The molecule has 1 fully saturated rings. The van der Waals surface area contributed by atoms with Crippen LogP contribution in [0.2, 0.25) is 0 Å². The zero-order valence-electron chi connectivity index (χ0n) is 17.8. The van der Waals surface area contributed by atoms with E-state index in [1.54, 1.807) is 24.3 Å². The van der Waals surface area contributed by atoms with Crippen molar-refractivity contribution in [1.82, 2.24) is 10.2 Å². The average Bonchev–Trinajstić information content (AvgIpc) is 3.43. The molecule has 3 aromatic carbocycles. The first kappa shape index (κ1) is 21.0. The lowest BCUT2D eigenvalue weighted by atomic mass is 9.99. The van der Waals surface area contributed by atoms with Gasteiger partial charge in [0.2, 0.25) is 0 Å². The van der Waals surface area contributed by atoms with Crippen LogP contribution < -0.4 is 4.90 Å². The molecule has 1 atom stereocenters. The number of ketones is 1. The maximum Gasteiger partial charge on any atom is 0.269 e. The number of hydrogen-bond acceptors (Lipinski definition) is 5. The monoisotopic (exact) mass is 450 g/mol. The first-order valence-corrected chi connectivity index (χ1v) is 10.5. The van der Waals surface area contributed by atoms with Crippen LogP contribution >= 0.6 is 0 Å². The summed E-state index contributed by atoms with van der Waals surface area (Å²) in [6.45, 7) is 0. The largest absolute Gasteiger partial charge is 0.293 e. The van der Waals surface area contributed by atoms with Crippen molar-refractivity contribution in [1.29, 1.82) is 0 Å². The van der Waals surface area contributed by atoms with E-state index in [0.29, 0.717) is 22.5 Å². The number of amides is 1. The van der Waals surface area contributed by atoms with Gasteiger partial charge in [-0.25, -0.2) is 0 Å². The minimum atomic E-state index is -0.780. The predicted molar refractivity (Wildman–Crippen MR) is 127 cm³/mol.